The average molecular weight is 346 g/mol. The highest BCUT2D eigenvalue weighted by atomic mass is 16.5. The number of fused-ring (bicyclic) bond motifs is 1. The number of methoxy groups -OCH3 is 1. The SMILES string of the molecule is COc1cccc2c(=O)c(NC(=O)NCCN3CCOCC3)c[nH]c12. The lowest BCUT2D eigenvalue weighted by atomic mass is 10.2. The van der Waals surface area contributed by atoms with Gasteiger partial charge in [0.25, 0.3) is 0 Å². The predicted molar refractivity (Wildman–Crippen MR) is 95.4 cm³/mol. The van der Waals surface area contributed by atoms with Crippen LogP contribution in [0.4, 0.5) is 10.5 Å². The van der Waals surface area contributed by atoms with Gasteiger partial charge in [0, 0.05) is 32.4 Å². The van der Waals surface area contributed by atoms with E-state index in [9.17, 15) is 9.59 Å². The Morgan fingerprint density at radius 1 is 1.36 bits per heavy atom. The highest BCUT2D eigenvalue weighted by Gasteiger charge is 2.12. The van der Waals surface area contributed by atoms with Gasteiger partial charge >= 0.3 is 6.03 Å². The van der Waals surface area contributed by atoms with Crippen molar-refractivity contribution in [2.45, 2.75) is 0 Å². The highest BCUT2D eigenvalue weighted by Crippen LogP contribution is 2.21. The third-order valence-electron chi connectivity index (χ3n) is 4.16. The molecule has 0 unspecified atom stereocenters. The van der Waals surface area contributed by atoms with Crippen LogP contribution in [0.1, 0.15) is 0 Å². The van der Waals surface area contributed by atoms with E-state index in [0.717, 1.165) is 32.8 Å². The zero-order valence-corrected chi connectivity index (χ0v) is 14.1. The molecule has 0 bridgehead atoms. The number of para-hydroxylation sites is 1. The minimum absolute atomic E-state index is 0.199. The van der Waals surface area contributed by atoms with Gasteiger partial charge < -0.3 is 25.1 Å². The van der Waals surface area contributed by atoms with Crippen LogP contribution in [0.5, 0.6) is 5.75 Å². The van der Waals surface area contributed by atoms with Crippen LogP contribution < -0.4 is 20.8 Å². The molecular weight excluding hydrogens is 324 g/mol. The zero-order chi connectivity index (χ0) is 17.6. The molecule has 0 aliphatic carbocycles. The minimum atomic E-state index is -0.402. The van der Waals surface area contributed by atoms with E-state index in [0.29, 0.717) is 23.2 Å². The molecule has 0 atom stereocenters. The van der Waals surface area contributed by atoms with Crippen LogP contribution >= 0.6 is 0 Å². The van der Waals surface area contributed by atoms with Gasteiger partial charge in [0.05, 0.1) is 31.2 Å². The summed E-state index contributed by atoms with van der Waals surface area (Å²) in [5.41, 5.74) is 0.550. The molecule has 0 spiro atoms. The molecule has 1 aliphatic heterocycles. The van der Waals surface area contributed by atoms with Gasteiger partial charge in [-0.05, 0) is 12.1 Å². The summed E-state index contributed by atoms with van der Waals surface area (Å²) in [4.78, 5) is 29.8. The fourth-order valence-electron chi connectivity index (χ4n) is 2.81. The molecule has 8 nitrogen and oxygen atoms in total. The quantitative estimate of drug-likeness (QED) is 0.750. The number of ether oxygens (including phenoxy) is 2. The van der Waals surface area contributed by atoms with Gasteiger partial charge in [-0.15, -0.1) is 0 Å². The zero-order valence-electron chi connectivity index (χ0n) is 14.1. The van der Waals surface area contributed by atoms with Gasteiger partial charge in [-0.3, -0.25) is 9.69 Å². The van der Waals surface area contributed by atoms with Crippen molar-refractivity contribution in [1.29, 1.82) is 0 Å². The first-order chi connectivity index (χ1) is 12.2. The maximum absolute atomic E-state index is 12.5. The predicted octanol–water partition coefficient (Wildman–Crippen LogP) is 0.990. The maximum Gasteiger partial charge on any atom is 0.319 e. The summed E-state index contributed by atoms with van der Waals surface area (Å²) in [5.74, 6) is 0.580. The first-order valence-electron chi connectivity index (χ1n) is 8.22. The molecule has 8 heteroatoms. The van der Waals surface area contributed by atoms with Crippen molar-refractivity contribution in [1.82, 2.24) is 15.2 Å². The van der Waals surface area contributed by atoms with Crippen LogP contribution in [0.2, 0.25) is 0 Å². The van der Waals surface area contributed by atoms with Crippen LogP contribution in [-0.2, 0) is 4.74 Å². The number of aromatic nitrogens is 1. The number of amides is 2. The Hall–Kier alpha value is -2.58. The van der Waals surface area contributed by atoms with E-state index in [4.69, 9.17) is 9.47 Å². The van der Waals surface area contributed by atoms with Crippen LogP contribution in [0.25, 0.3) is 10.9 Å². The Labute approximate surface area is 145 Å². The lowest BCUT2D eigenvalue weighted by Crippen LogP contribution is -2.42. The van der Waals surface area contributed by atoms with Crippen LogP contribution in [0, 0.1) is 0 Å². The van der Waals surface area contributed by atoms with E-state index in [1.54, 1.807) is 25.3 Å². The number of urea groups is 1. The van der Waals surface area contributed by atoms with E-state index in [1.165, 1.54) is 6.20 Å². The average Bonchev–Trinajstić information content (AvgIpc) is 2.64. The number of carbonyl (C=O) groups is 1. The molecule has 0 radical (unpaired) electrons. The number of morpholine rings is 1. The number of anilines is 1. The fraction of sp³-hybridized carbons (Fsp3) is 0.412. The molecule has 1 fully saturated rings. The second-order valence-electron chi connectivity index (χ2n) is 5.75. The summed E-state index contributed by atoms with van der Waals surface area (Å²) >= 11 is 0. The molecule has 2 heterocycles. The van der Waals surface area contributed by atoms with Gasteiger partial charge in [-0.2, -0.15) is 0 Å². The van der Waals surface area contributed by atoms with Crippen molar-refractivity contribution < 1.29 is 14.3 Å². The molecular formula is C17H22N4O4. The van der Waals surface area contributed by atoms with Gasteiger partial charge in [-0.25, -0.2) is 4.79 Å². The Morgan fingerprint density at radius 2 is 2.16 bits per heavy atom. The summed E-state index contributed by atoms with van der Waals surface area (Å²) in [7, 11) is 1.54. The molecule has 2 aromatic rings. The first kappa shape index (κ1) is 17.2. The molecule has 1 aromatic carbocycles. The molecule has 0 saturated carbocycles. The van der Waals surface area contributed by atoms with Crippen molar-refractivity contribution in [2.24, 2.45) is 0 Å². The van der Waals surface area contributed by atoms with Gasteiger partial charge in [0.2, 0.25) is 5.43 Å². The lowest BCUT2D eigenvalue weighted by Gasteiger charge is -2.26. The van der Waals surface area contributed by atoms with E-state index < -0.39 is 6.03 Å². The first-order valence-corrected chi connectivity index (χ1v) is 8.22. The second kappa shape index (κ2) is 8.00. The Morgan fingerprint density at radius 3 is 2.92 bits per heavy atom. The van der Waals surface area contributed by atoms with Crippen LogP contribution in [-0.4, -0.2) is 62.4 Å². The molecule has 25 heavy (non-hydrogen) atoms. The van der Waals surface area contributed by atoms with Gasteiger partial charge in [-0.1, -0.05) is 6.07 Å². The van der Waals surface area contributed by atoms with E-state index in [-0.39, 0.29) is 11.1 Å². The number of carbonyl (C=O) groups excluding carboxylic acids is 1. The number of hydrogen-bond donors (Lipinski definition) is 3. The van der Waals surface area contributed by atoms with E-state index >= 15 is 0 Å². The summed E-state index contributed by atoms with van der Waals surface area (Å²) in [5, 5.41) is 5.83. The number of nitrogens with zero attached hydrogens (tertiary/aromatic N) is 1. The molecule has 2 amide bonds. The van der Waals surface area contributed by atoms with E-state index in [1.807, 2.05) is 0 Å². The van der Waals surface area contributed by atoms with E-state index in [2.05, 4.69) is 20.5 Å². The number of H-pyrrole nitrogens is 1. The number of nitrogens with one attached hydrogen (secondary N) is 3. The summed E-state index contributed by atoms with van der Waals surface area (Å²) in [6.07, 6.45) is 1.48. The fourth-order valence-corrected chi connectivity index (χ4v) is 2.81. The van der Waals surface area contributed by atoms with Crippen LogP contribution in [0.3, 0.4) is 0 Å². The number of hydrogen-bond acceptors (Lipinski definition) is 5. The standard InChI is InChI=1S/C17H22N4O4/c1-24-14-4-2-3-12-15(14)19-11-13(16(12)22)20-17(23)18-5-6-21-7-9-25-10-8-21/h2-4,11H,5-10H2,1H3,(H,19,22)(H2,18,20,23). The smallest absolute Gasteiger partial charge is 0.319 e. The van der Waals surface area contributed by atoms with Gasteiger partial charge in [0.1, 0.15) is 11.4 Å². The minimum Gasteiger partial charge on any atom is -0.495 e. The normalized spacial score (nSPS) is 15.1. The summed E-state index contributed by atoms with van der Waals surface area (Å²) in [6, 6.07) is 4.80. The largest absolute Gasteiger partial charge is 0.495 e. The molecule has 1 saturated heterocycles. The monoisotopic (exact) mass is 346 g/mol. The topological polar surface area (TPSA) is 95.7 Å². The number of rotatable bonds is 5. The van der Waals surface area contributed by atoms with Crippen molar-refractivity contribution in [3.63, 3.8) is 0 Å². The number of benzene rings is 1. The number of aromatic amines is 1. The highest BCUT2D eigenvalue weighted by molar-refractivity contribution is 5.93. The Bertz CT molecular complexity index is 799. The van der Waals surface area contributed by atoms with Crippen molar-refractivity contribution in [3.05, 3.63) is 34.6 Å². The lowest BCUT2D eigenvalue weighted by molar-refractivity contribution is 0.0388. The Kier molecular flexibility index (Phi) is 5.52. The van der Waals surface area contributed by atoms with Crippen molar-refractivity contribution in [3.8, 4) is 5.75 Å². The molecule has 1 aromatic heterocycles. The van der Waals surface area contributed by atoms with Crippen molar-refractivity contribution >= 4 is 22.6 Å². The second-order valence-corrected chi connectivity index (χ2v) is 5.75. The summed E-state index contributed by atoms with van der Waals surface area (Å²) in [6.45, 7) is 4.45. The molecule has 1 aliphatic rings. The van der Waals surface area contributed by atoms with Gasteiger partial charge in [0.15, 0.2) is 0 Å². The van der Waals surface area contributed by atoms with Crippen molar-refractivity contribution in [2.75, 3.05) is 51.8 Å². The third-order valence-corrected chi connectivity index (χ3v) is 4.16. The van der Waals surface area contributed by atoms with Crippen LogP contribution in [0.15, 0.2) is 29.2 Å². The summed E-state index contributed by atoms with van der Waals surface area (Å²) < 4.78 is 10.5. The Balaban J connectivity index is 1.61. The number of pyridine rings is 1. The molecule has 134 valence electrons. The third kappa shape index (κ3) is 4.09. The molecule has 3 N–H and O–H groups in total. The maximum atomic E-state index is 12.5. The molecule has 3 rings (SSSR count).